The number of thioether (sulfide) groups is 1. The largest absolute Gasteiger partial charge is 1.00 e. The number of anilines is 1. The Morgan fingerprint density at radius 1 is 1.48 bits per heavy atom. The van der Waals surface area contributed by atoms with Gasteiger partial charge in [-0.1, -0.05) is 12.1 Å². The molecule has 0 saturated carbocycles. The smallest absolute Gasteiger partial charge is 0.548 e. The van der Waals surface area contributed by atoms with Gasteiger partial charge in [0.2, 0.25) is 5.91 Å². The van der Waals surface area contributed by atoms with E-state index >= 15 is 0 Å². The summed E-state index contributed by atoms with van der Waals surface area (Å²) in [6.07, 6.45) is 0.700. The van der Waals surface area contributed by atoms with Crippen molar-refractivity contribution >= 4 is 51.7 Å². The fourth-order valence-corrected chi connectivity index (χ4v) is 5.31. The molecule has 0 spiro atoms. The number of carbonyl (C=O) groups excluding carboxylic acids is 3. The number of hydrogen-bond donors (Lipinski definition) is 2. The minimum absolute atomic E-state index is 0. The van der Waals surface area contributed by atoms with Crippen LogP contribution >= 0.6 is 23.1 Å². The van der Waals surface area contributed by atoms with Crippen LogP contribution in [0.5, 0.6) is 0 Å². The van der Waals surface area contributed by atoms with E-state index < -0.39 is 40.0 Å². The first-order valence-corrected chi connectivity index (χ1v) is 10.4. The molecule has 3 heterocycles. The minimum atomic E-state index is -1.31. The van der Waals surface area contributed by atoms with Gasteiger partial charge in [0.25, 0.3) is 5.91 Å². The van der Waals surface area contributed by atoms with Crippen molar-refractivity contribution in [3.8, 4) is 0 Å². The number of aromatic nitrogens is 1. The molecule has 29 heavy (non-hydrogen) atoms. The predicted molar refractivity (Wildman–Crippen MR) is 102 cm³/mol. The second kappa shape index (κ2) is 9.21. The van der Waals surface area contributed by atoms with Crippen LogP contribution in [0.15, 0.2) is 10.5 Å². The number of fused-ring (bicyclic) bond motifs is 1. The number of nitrogens with two attached hydrogens (primary N) is 1. The molecule has 2 amide bonds. The van der Waals surface area contributed by atoms with Gasteiger partial charge in [0.1, 0.15) is 23.7 Å². The molecule has 2 aliphatic heterocycles. The molecule has 10 nitrogen and oxygen atoms in total. The maximum atomic E-state index is 12.8. The Kier molecular flexibility index (Phi) is 7.60. The second-order valence-corrected chi connectivity index (χ2v) is 9.53. The average molecular weight is 449 g/mol. The van der Waals surface area contributed by atoms with Gasteiger partial charge in [-0.15, -0.1) is 23.1 Å². The molecule has 0 unspecified atom stereocenters. The molecule has 152 valence electrons. The number of nitrogens with zero attached hydrogens (tertiary/aromatic N) is 3. The first-order chi connectivity index (χ1) is 13.2. The quantitative estimate of drug-likeness (QED) is 0.141. The van der Waals surface area contributed by atoms with Gasteiger partial charge in [0.15, 0.2) is 10.8 Å². The van der Waals surface area contributed by atoms with Crippen molar-refractivity contribution in [3.05, 3.63) is 11.1 Å². The molecule has 0 bridgehead atoms. The number of amides is 2. The van der Waals surface area contributed by atoms with Crippen molar-refractivity contribution in [2.24, 2.45) is 5.16 Å². The van der Waals surface area contributed by atoms with E-state index in [1.54, 1.807) is 19.2 Å². The number of carboxylic acid groups (broad SMARTS) is 1. The Morgan fingerprint density at radius 2 is 2.17 bits per heavy atom. The summed E-state index contributed by atoms with van der Waals surface area (Å²) in [5.41, 5.74) is 5.78. The fraction of sp³-hybridized carbons (Fsp3) is 0.562. The molecule has 3 atom stereocenters. The molecule has 3 rings (SSSR count). The molecule has 0 radical (unpaired) electrons. The SMILES string of the molecule is CCCO/N=C(\C(=O)N[C@H]1C(=O)N2[C@@H]1SC(C)(C)[C@@H]2C(=O)[O-])c1csc(N)n1.[Na+]. The number of carbonyl (C=O) groups is 3. The predicted octanol–water partition coefficient (Wildman–Crippen LogP) is -3.84. The maximum absolute atomic E-state index is 12.8. The molecule has 3 N–H and O–H groups in total. The Labute approximate surface area is 197 Å². The first-order valence-electron chi connectivity index (χ1n) is 8.60. The van der Waals surface area contributed by atoms with Gasteiger partial charge in [-0.2, -0.15) is 0 Å². The normalized spacial score (nSPS) is 24.9. The van der Waals surface area contributed by atoms with E-state index in [4.69, 9.17) is 10.6 Å². The standard InChI is InChI=1S/C16H21N5O5S2.Na/c1-4-5-26-20-8(7-6-27-15(17)18-7)11(22)19-9-12(23)21-10(14(24)25)16(2,3)28-13(9)21;/h6,9-10,13H,4-5H2,1-3H3,(H2,17,18)(H,19,22)(H,24,25);/q;+1/p-1/b20-8-;/t9-,10-,13+;/m0./s1. The van der Waals surface area contributed by atoms with E-state index in [0.29, 0.717) is 13.0 Å². The zero-order valence-electron chi connectivity index (χ0n) is 16.5. The Morgan fingerprint density at radius 3 is 2.72 bits per heavy atom. The number of thiazole rings is 1. The van der Waals surface area contributed by atoms with E-state index in [1.165, 1.54) is 16.7 Å². The van der Waals surface area contributed by atoms with Gasteiger partial charge in [0.05, 0.1) is 12.0 Å². The van der Waals surface area contributed by atoms with Crippen molar-refractivity contribution in [2.45, 2.75) is 49.4 Å². The molecule has 1 aromatic heterocycles. The first kappa shape index (κ1) is 23.9. The Hall–Kier alpha value is -1.34. The number of hydrogen-bond acceptors (Lipinski definition) is 10. The number of nitrogens with one attached hydrogen (secondary N) is 1. The number of carboxylic acids is 1. The molecule has 2 fully saturated rings. The summed E-state index contributed by atoms with van der Waals surface area (Å²) in [6, 6.07) is -1.92. The number of β-lactam (4-membered cyclic amide) rings is 1. The summed E-state index contributed by atoms with van der Waals surface area (Å²) in [6.45, 7) is 5.66. The third kappa shape index (κ3) is 4.55. The summed E-state index contributed by atoms with van der Waals surface area (Å²) in [5.74, 6) is -2.43. The summed E-state index contributed by atoms with van der Waals surface area (Å²) in [4.78, 5) is 47.1. The van der Waals surface area contributed by atoms with Crippen LogP contribution in [0.1, 0.15) is 32.9 Å². The molecule has 0 aliphatic carbocycles. The van der Waals surface area contributed by atoms with Gasteiger partial charge < -0.3 is 30.7 Å². The average Bonchev–Trinajstić information content (AvgIpc) is 3.15. The third-order valence-electron chi connectivity index (χ3n) is 4.38. The summed E-state index contributed by atoms with van der Waals surface area (Å²) in [7, 11) is 0. The molecule has 1 aromatic rings. The van der Waals surface area contributed by atoms with Crippen LogP contribution in [-0.4, -0.2) is 62.2 Å². The van der Waals surface area contributed by atoms with Crippen molar-refractivity contribution in [1.29, 1.82) is 0 Å². The van der Waals surface area contributed by atoms with E-state index in [0.717, 1.165) is 11.3 Å². The minimum Gasteiger partial charge on any atom is -0.548 e. The van der Waals surface area contributed by atoms with Crippen molar-refractivity contribution in [1.82, 2.24) is 15.2 Å². The Balaban J connectivity index is 0.00000300. The third-order valence-corrected chi connectivity index (χ3v) is 6.63. The van der Waals surface area contributed by atoms with Gasteiger partial charge in [-0.3, -0.25) is 9.59 Å². The van der Waals surface area contributed by atoms with Crippen LogP contribution in [-0.2, 0) is 19.2 Å². The van der Waals surface area contributed by atoms with Crippen LogP contribution < -0.4 is 45.7 Å². The van der Waals surface area contributed by atoms with Crippen molar-refractivity contribution in [3.63, 3.8) is 0 Å². The number of oxime groups is 1. The summed E-state index contributed by atoms with van der Waals surface area (Å²) < 4.78 is -0.733. The van der Waals surface area contributed by atoms with Gasteiger partial charge in [0, 0.05) is 10.1 Å². The number of nitrogen functional groups attached to an aromatic ring is 1. The van der Waals surface area contributed by atoms with E-state index in [9.17, 15) is 19.5 Å². The van der Waals surface area contributed by atoms with Crippen molar-refractivity contribution in [2.75, 3.05) is 12.3 Å². The molecule has 13 heteroatoms. The summed E-state index contributed by atoms with van der Waals surface area (Å²) >= 11 is 2.45. The van der Waals surface area contributed by atoms with Crippen LogP contribution in [0.25, 0.3) is 0 Å². The van der Waals surface area contributed by atoms with Gasteiger partial charge in [-0.25, -0.2) is 4.98 Å². The molecular formula is C16H20N5NaO5S2. The zero-order valence-corrected chi connectivity index (χ0v) is 20.1. The van der Waals surface area contributed by atoms with Crippen molar-refractivity contribution < 1.29 is 53.9 Å². The molecular weight excluding hydrogens is 429 g/mol. The molecule has 2 aliphatic rings. The van der Waals surface area contributed by atoms with Crippen LogP contribution in [0.4, 0.5) is 5.13 Å². The second-order valence-electron chi connectivity index (χ2n) is 6.87. The van der Waals surface area contributed by atoms with Crippen LogP contribution in [0.2, 0.25) is 0 Å². The number of aliphatic carboxylic acids is 1. The van der Waals surface area contributed by atoms with E-state index in [2.05, 4.69) is 15.5 Å². The zero-order chi connectivity index (χ0) is 20.6. The summed E-state index contributed by atoms with van der Waals surface area (Å²) in [5, 5.41) is 19.3. The molecule has 0 aromatic carbocycles. The van der Waals surface area contributed by atoms with Crippen LogP contribution in [0.3, 0.4) is 0 Å². The Bertz CT molecular complexity index is 845. The topological polar surface area (TPSA) is 150 Å². The van der Waals surface area contributed by atoms with Gasteiger partial charge in [-0.05, 0) is 20.3 Å². The monoisotopic (exact) mass is 449 g/mol. The van der Waals surface area contributed by atoms with E-state index in [-0.39, 0.29) is 46.1 Å². The maximum Gasteiger partial charge on any atom is 1.00 e. The van der Waals surface area contributed by atoms with Gasteiger partial charge >= 0.3 is 29.6 Å². The fourth-order valence-electron chi connectivity index (χ4n) is 3.14. The van der Waals surface area contributed by atoms with E-state index in [1.807, 2.05) is 6.92 Å². The molecule has 2 saturated heterocycles. The number of rotatable bonds is 7. The van der Waals surface area contributed by atoms with Crippen LogP contribution in [0, 0.1) is 0 Å².